The van der Waals surface area contributed by atoms with Crippen molar-refractivity contribution in [3.8, 4) is 34.3 Å². The number of methoxy groups -OCH3 is 2. The predicted molar refractivity (Wildman–Crippen MR) is 104 cm³/mol. The number of carbonyl (C=O) groups is 2. The molecule has 0 aliphatic rings. The molecule has 0 spiro atoms. The van der Waals surface area contributed by atoms with E-state index in [2.05, 4.69) is 0 Å². The number of ether oxygens (including phenoxy) is 4. The molecule has 0 bridgehead atoms. The first-order valence-corrected chi connectivity index (χ1v) is 8.54. The van der Waals surface area contributed by atoms with Crippen molar-refractivity contribution < 1.29 is 33.0 Å². The van der Waals surface area contributed by atoms with E-state index in [0.717, 1.165) is 0 Å². The normalized spacial score (nSPS) is 10.5. The van der Waals surface area contributed by atoms with Crippen molar-refractivity contribution >= 4 is 22.9 Å². The zero-order chi connectivity index (χ0) is 21.1. The quantitative estimate of drug-likeness (QED) is 0.476. The number of hydrogen-bond acceptors (Lipinski definition) is 8. The second-order valence-corrected chi connectivity index (χ2v) is 6.00. The van der Waals surface area contributed by atoms with E-state index in [1.165, 1.54) is 33.1 Å². The first-order chi connectivity index (χ1) is 13.8. The van der Waals surface area contributed by atoms with Crippen molar-refractivity contribution in [2.24, 2.45) is 0 Å². The summed E-state index contributed by atoms with van der Waals surface area (Å²) in [5, 5.41) is -0.00906. The highest BCUT2D eigenvalue weighted by molar-refractivity contribution is 5.94. The highest BCUT2D eigenvalue weighted by Gasteiger charge is 2.23. The SMILES string of the molecule is COc1ccc(-c2cc(=O)c3c(OC(C)=O)cc(OC(C)=O)c(OC)c3o2)cc1. The maximum Gasteiger partial charge on any atom is 0.308 e. The van der Waals surface area contributed by atoms with Gasteiger partial charge < -0.3 is 23.4 Å². The predicted octanol–water partition coefficient (Wildman–Crippen LogP) is 3.33. The van der Waals surface area contributed by atoms with E-state index in [4.69, 9.17) is 23.4 Å². The minimum atomic E-state index is -0.649. The Morgan fingerprint density at radius 1 is 0.862 bits per heavy atom. The number of rotatable bonds is 5. The first-order valence-electron chi connectivity index (χ1n) is 8.54. The van der Waals surface area contributed by atoms with Crippen LogP contribution in [0.2, 0.25) is 0 Å². The number of fused-ring (bicyclic) bond motifs is 1. The molecule has 29 heavy (non-hydrogen) atoms. The molecule has 3 aromatic rings. The van der Waals surface area contributed by atoms with E-state index in [9.17, 15) is 14.4 Å². The van der Waals surface area contributed by atoms with Crippen LogP contribution in [0.4, 0.5) is 0 Å². The molecular weight excluding hydrogens is 380 g/mol. The Hall–Kier alpha value is -3.81. The summed E-state index contributed by atoms with van der Waals surface area (Å²) in [6.07, 6.45) is 0. The molecule has 3 rings (SSSR count). The van der Waals surface area contributed by atoms with Gasteiger partial charge in [0.2, 0.25) is 5.75 Å². The Morgan fingerprint density at radius 2 is 1.48 bits per heavy atom. The third kappa shape index (κ3) is 4.06. The van der Waals surface area contributed by atoms with E-state index >= 15 is 0 Å². The molecule has 0 radical (unpaired) electrons. The van der Waals surface area contributed by atoms with Crippen LogP contribution in [0, 0.1) is 0 Å². The van der Waals surface area contributed by atoms with Gasteiger partial charge in [0, 0.05) is 31.5 Å². The average Bonchev–Trinajstić information content (AvgIpc) is 2.66. The fourth-order valence-electron chi connectivity index (χ4n) is 2.81. The highest BCUT2D eigenvalue weighted by atomic mass is 16.6. The summed E-state index contributed by atoms with van der Waals surface area (Å²) in [5.74, 6) is -0.494. The molecule has 8 heteroatoms. The Labute approximate surface area is 165 Å². The van der Waals surface area contributed by atoms with E-state index < -0.39 is 17.4 Å². The van der Waals surface area contributed by atoms with Crippen LogP contribution in [0.5, 0.6) is 23.0 Å². The molecule has 0 saturated carbocycles. The monoisotopic (exact) mass is 398 g/mol. The summed E-state index contributed by atoms with van der Waals surface area (Å²) < 4.78 is 26.7. The third-order valence-electron chi connectivity index (χ3n) is 3.97. The van der Waals surface area contributed by atoms with Crippen molar-refractivity contribution in [1.29, 1.82) is 0 Å². The molecule has 1 aromatic heterocycles. The van der Waals surface area contributed by atoms with Gasteiger partial charge in [-0.2, -0.15) is 0 Å². The van der Waals surface area contributed by atoms with Crippen LogP contribution >= 0.6 is 0 Å². The molecule has 0 fully saturated rings. The lowest BCUT2D eigenvalue weighted by Crippen LogP contribution is -2.10. The number of esters is 2. The summed E-state index contributed by atoms with van der Waals surface area (Å²) >= 11 is 0. The van der Waals surface area contributed by atoms with Crippen molar-refractivity contribution in [3.05, 3.63) is 46.6 Å². The molecule has 0 unspecified atom stereocenters. The van der Waals surface area contributed by atoms with E-state index in [1.54, 1.807) is 31.4 Å². The molecule has 0 aliphatic heterocycles. The molecular formula is C21H18O8. The summed E-state index contributed by atoms with van der Waals surface area (Å²) in [5.41, 5.74) is 0.139. The van der Waals surface area contributed by atoms with E-state index in [1.807, 2.05) is 0 Å². The van der Waals surface area contributed by atoms with Gasteiger partial charge in [-0.05, 0) is 24.3 Å². The van der Waals surface area contributed by atoms with Crippen molar-refractivity contribution in [1.82, 2.24) is 0 Å². The van der Waals surface area contributed by atoms with Gasteiger partial charge >= 0.3 is 11.9 Å². The van der Waals surface area contributed by atoms with Gasteiger partial charge in [-0.15, -0.1) is 0 Å². The lowest BCUT2D eigenvalue weighted by atomic mass is 10.1. The second kappa shape index (κ2) is 8.05. The summed E-state index contributed by atoms with van der Waals surface area (Å²) in [6, 6.07) is 9.40. The lowest BCUT2D eigenvalue weighted by Gasteiger charge is -2.14. The smallest absolute Gasteiger partial charge is 0.308 e. The van der Waals surface area contributed by atoms with Gasteiger partial charge in [-0.3, -0.25) is 14.4 Å². The fourth-order valence-corrected chi connectivity index (χ4v) is 2.81. The number of hydrogen-bond donors (Lipinski definition) is 0. The minimum absolute atomic E-state index is 0.00906. The number of carbonyl (C=O) groups excluding carboxylic acids is 2. The Kier molecular flexibility index (Phi) is 5.54. The van der Waals surface area contributed by atoms with E-state index in [-0.39, 0.29) is 34.0 Å². The third-order valence-corrected chi connectivity index (χ3v) is 3.97. The molecule has 8 nitrogen and oxygen atoms in total. The van der Waals surface area contributed by atoms with Gasteiger partial charge in [-0.25, -0.2) is 0 Å². The van der Waals surface area contributed by atoms with Crippen LogP contribution in [0.3, 0.4) is 0 Å². The van der Waals surface area contributed by atoms with Crippen LogP contribution in [-0.2, 0) is 9.59 Å². The standard InChI is InChI=1S/C21H18O8/c1-11(22)27-17-10-18(28-12(2)23)20(26-4)21-19(17)15(24)9-16(29-21)13-5-7-14(25-3)8-6-13/h5-10H,1-4H3. The molecule has 0 atom stereocenters. The van der Waals surface area contributed by atoms with Crippen LogP contribution in [0.15, 0.2) is 45.6 Å². The molecule has 1 heterocycles. The van der Waals surface area contributed by atoms with Crippen molar-refractivity contribution in [2.75, 3.05) is 14.2 Å². The van der Waals surface area contributed by atoms with Gasteiger partial charge in [0.25, 0.3) is 0 Å². The lowest BCUT2D eigenvalue weighted by molar-refractivity contribution is -0.132. The largest absolute Gasteiger partial charge is 0.497 e. The maximum atomic E-state index is 12.9. The average molecular weight is 398 g/mol. The molecule has 0 N–H and O–H groups in total. The second-order valence-electron chi connectivity index (χ2n) is 6.00. The first kappa shape index (κ1) is 19.9. The van der Waals surface area contributed by atoms with Crippen LogP contribution in [-0.4, -0.2) is 26.2 Å². The number of benzene rings is 2. The summed E-state index contributed by atoms with van der Waals surface area (Å²) in [6.45, 7) is 2.40. The van der Waals surface area contributed by atoms with Crippen LogP contribution in [0.25, 0.3) is 22.3 Å². The topological polar surface area (TPSA) is 101 Å². The van der Waals surface area contributed by atoms with Gasteiger partial charge in [0.1, 0.15) is 22.6 Å². The molecule has 0 aliphatic carbocycles. The zero-order valence-electron chi connectivity index (χ0n) is 16.2. The Morgan fingerprint density at radius 3 is 2.03 bits per heavy atom. The molecule has 150 valence electrons. The van der Waals surface area contributed by atoms with Crippen molar-refractivity contribution in [3.63, 3.8) is 0 Å². The molecule has 2 aromatic carbocycles. The van der Waals surface area contributed by atoms with Gasteiger partial charge in [0.15, 0.2) is 16.8 Å². The van der Waals surface area contributed by atoms with Crippen molar-refractivity contribution in [2.45, 2.75) is 13.8 Å². The fraction of sp³-hybridized carbons (Fsp3) is 0.190. The van der Waals surface area contributed by atoms with Gasteiger partial charge in [0.05, 0.1) is 14.2 Å². The minimum Gasteiger partial charge on any atom is -0.497 e. The zero-order valence-corrected chi connectivity index (χ0v) is 16.2. The van der Waals surface area contributed by atoms with Crippen LogP contribution < -0.4 is 24.4 Å². The maximum absolute atomic E-state index is 12.9. The Balaban J connectivity index is 2.32. The molecule has 0 saturated heterocycles. The highest BCUT2D eigenvalue weighted by Crippen LogP contribution is 2.41. The van der Waals surface area contributed by atoms with E-state index in [0.29, 0.717) is 11.3 Å². The molecule has 0 amide bonds. The summed E-state index contributed by atoms with van der Waals surface area (Å²) in [4.78, 5) is 35.8. The Bertz CT molecular complexity index is 1140. The van der Waals surface area contributed by atoms with Gasteiger partial charge in [-0.1, -0.05) is 0 Å². The summed E-state index contributed by atoms with van der Waals surface area (Å²) in [7, 11) is 2.89. The van der Waals surface area contributed by atoms with Crippen LogP contribution in [0.1, 0.15) is 13.8 Å².